The van der Waals surface area contributed by atoms with E-state index in [1.807, 2.05) is 18.2 Å². The summed E-state index contributed by atoms with van der Waals surface area (Å²) in [6.07, 6.45) is 0.159. The Labute approximate surface area is 98.7 Å². The average molecular weight is 235 g/mol. The zero-order chi connectivity index (χ0) is 12.7. The summed E-state index contributed by atoms with van der Waals surface area (Å²) >= 11 is 0. The van der Waals surface area contributed by atoms with Crippen molar-refractivity contribution in [2.75, 3.05) is 0 Å². The minimum atomic E-state index is -1.21. The Bertz CT molecular complexity index is 410. The molecule has 17 heavy (non-hydrogen) atoms. The Morgan fingerprint density at radius 2 is 2.12 bits per heavy atom. The van der Waals surface area contributed by atoms with E-state index in [0.717, 1.165) is 5.56 Å². The van der Waals surface area contributed by atoms with E-state index in [4.69, 9.17) is 4.74 Å². The number of carbonyl (C=O) groups excluding carboxylic acids is 2. The van der Waals surface area contributed by atoms with Gasteiger partial charge in [-0.3, -0.25) is 0 Å². The molecule has 0 fully saturated rings. The van der Waals surface area contributed by atoms with E-state index in [1.54, 1.807) is 12.1 Å². The third-order valence-electron chi connectivity index (χ3n) is 2.11. The van der Waals surface area contributed by atoms with E-state index < -0.39 is 18.1 Å². The maximum Gasteiger partial charge on any atom is 0.334 e. The number of esters is 1. The van der Waals surface area contributed by atoms with E-state index >= 15 is 0 Å². The Balaban J connectivity index is 2.56. The molecule has 0 bridgehead atoms. The third-order valence-corrected chi connectivity index (χ3v) is 2.11. The van der Waals surface area contributed by atoms with Gasteiger partial charge in [0, 0.05) is 0 Å². The van der Waals surface area contributed by atoms with Gasteiger partial charge in [-0.25, -0.2) is 9.59 Å². The normalized spacial score (nSPS) is 13.3. The highest BCUT2D eigenvalue weighted by molar-refractivity contribution is 5.77. The summed E-state index contributed by atoms with van der Waals surface area (Å²) in [5.74, 6) is -0.743. The van der Waals surface area contributed by atoms with E-state index in [0.29, 0.717) is 0 Å². The fourth-order valence-electron chi connectivity index (χ4n) is 1.23. The molecule has 2 unspecified atom stereocenters. The summed E-state index contributed by atoms with van der Waals surface area (Å²) in [6.45, 7) is 1.44. The molecule has 0 amide bonds. The lowest BCUT2D eigenvalue weighted by molar-refractivity contribution is -0.148. The number of aliphatic hydroxyl groups excluding tert-OH is 1. The number of nitrogens with zero attached hydrogens (tertiary/aromatic N) is 1. The van der Waals surface area contributed by atoms with Crippen LogP contribution in [0.4, 0.5) is 0 Å². The van der Waals surface area contributed by atoms with Crippen LogP contribution in [0.3, 0.4) is 0 Å². The second-order valence-corrected chi connectivity index (χ2v) is 3.50. The lowest BCUT2D eigenvalue weighted by Gasteiger charge is -2.12. The van der Waals surface area contributed by atoms with Crippen molar-refractivity contribution in [2.45, 2.75) is 25.7 Å². The molecule has 1 aromatic rings. The molecule has 1 rings (SSSR count). The Morgan fingerprint density at radius 1 is 1.47 bits per heavy atom. The zero-order valence-electron chi connectivity index (χ0n) is 9.37. The summed E-state index contributed by atoms with van der Waals surface area (Å²) in [7, 11) is 0. The zero-order valence-corrected chi connectivity index (χ0v) is 9.37. The molecule has 0 aromatic heterocycles. The van der Waals surface area contributed by atoms with Crippen LogP contribution in [0.2, 0.25) is 0 Å². The molecule has 0 saturated heterocycles. The summed E-state index contributed by atoms with van der Waals surface area (Å²) < 4.78 is 4.93. The van der Waals surface area contributed by atoms with E-state index in [1.165, 1.54) is 13.0 Å². The first-order chi connectivity index (χ1) is 8.15. The molecular formula is C12H13NO4. The highest BCUT2D eigenvalue weighted by atomic mass is 16.5. The topological polar surface area (TPSA) is 76.0 Å². The highest BCUT2D eigenvalue weighted by Crippen LogP contribution is 2.05. The predicted molar refractivity (Wildman–Crippen MR) is 59.8 cm³/mol. The fraction of sp³-hybridized carbons (Fsp3) is 0.333. The van der Waals surface area contributed by atoms with Gasteiger partial charge >= 0.3 is 5.97 Å². The fourth-order valence-corrected chi connectivity index (χ4v) is 1.23. The molecule has 0 saturated carbocycles. The predicted octanol–water partition coefficient (Wildman–Crippen LogP) is 0.815. The molecule has 5 nitrogen and oxygen atoms in total. The van der Waals surface area contributed by atoms with Crippen molar-refractivity contribution < 1.29 is 19.4 Å². The number of ether oxygens (including phenoxy) is 1. The maximum atomic E-state index is 11.5. The molecule has 0 aliphatic carbocycles. The molecule has 0 aliphatic rings. The van der Waals surface area contributed by atoms with Crippen LogP contribution in [0.5, 0.6) is 0 Å². The van der Waals surface area contributed by atoms with Crippen LogP contribution in [0.25, 0.3) is 0 Å². The van der Waals surface area contributed by atoms with Crippen LogP contribution in [0, 0.1) is 0 Å². The number of rotatable bonds is 5. The van der Waals surface area contributed by atoms with Gasteiger partial charge in [0.25, 0.3) is 0 Å². The standard InChI is InChI=1S/C12H13NO4/c1-9(15)11(13-8-14)12(16)17-7-10-5-3-2-4-6-10/h2-6,9,11,15H,7H2,1H3. The van der Waals surface area contributed by atoms with Crippen LogP contribution in [0.1, 0.15) is 12.5 Å². The quantitative estimate of drug-likeness (QED) is 0.465. The molecule has 1 aromatic carbocycles. The summed E-state index contributed by atoms with van der Waals surface area (Å²) in [6, 6.07) is 7.87. The lowest BCUT2D eigenvalue weighted by atomic mass is 10.2. The van der Waals surface area contributed by atoms with Crippen molar-refractivity contribution in [3.8, 4) is 0 Å². The molecule has 0 spiro atoms. The number of isocyanates is 1. The van der Waals surface area contributed by atoms with Crippen molar-refractivity contribution in [1.29, 1.82) is 0 Å². The van der Waals surface area contributed by atoms with Crippen molar-refractivity contribution in [1.82, 2.24) is 0 Å². The Hall–Kier alpha value is -1.97. The Morgan fingerprint density at radius 3 is 2.65 bits per heavy atom. The van der Waals surface area contributed by atoms with Crippen molar-refractivity contribution >= 4 is 12.0 Å². The first-order valence-corrected chi connectivity index (χ1v) is 5.10. The largest absolute Gasteiger partial charge is 0.459 e. The molecule has 5 heteroatoms. The van der Waals surface area contributed by atoms with Gasteiger partial charge in [0.2, 0.25) is 6.08 Å². The van der Waals surface area contributed by atoms with Crippen LogP contribution < -0.4 is 0 Å². The maximum absolute atomic E-state index is 11.5. The number of hydrogen-bond donors (Lipinski definition) is 1. The highest BCUT2D eigenvalue weighted by Gasteiger charge is 2.24. The monoisotopic (exact) mass is 235 g/mol. The molecule has 0 radical (unpaired) electrons. The minimum absolute atomic E-state index is 0.0806. The minimum Gasteiger partial charge on any atom is -0.459 e. The third kappa shape index (κ3) is 4.18. The SMILES string of the molecule is CC(O)C(N=C=O)C(=O)OCc1ccccc1. The van der Waals surface area contributed by atoms with Gasteiger partial charge in [-0.1, -0.05) is 30.3 Å². The second-order valence-electron chi connectivity index (χ2n) is 3.50. The number of aliphatic imine (C=N–C) groups is 1. The number of hydrogen-bond acceptors (Lipinski definition) is 5. The molecular weight excluding hydrogens is 222 g/mol. The van der Waals surface area contributed by atoms with Crippen molar-refractivity contribution in [3.63, 3.8) is 0 Å². The van der Waals surface area contributed by atoms with Gasteiger partial charge in [-0.05, 0) is 12.5 Å². The summed E-state index contributed by atoms with van der Waals surface area (Å²) in [4.78, 5) is 24.8. The van der Waals surface area contributed by atoms with E-state index in [9.17, 15) is 14.7 Å². The van der Waals surface area contributed by atoms with E-state index in [2.05, 4.69) is 4.99 Å². The average Bonchev–Trinajstić information content (AvgIpc) is 2.34. The molecule has 2 atom stereocenters. The molecule has 0 aliphatic heterocycles. The van der Waals surface area contributed by atoms with Gasteiger partial charge in [-0.2, -0.15) is 4.99 Å². The summed E-state index contributed by atoms with van der Waals surface area (Å²) in [5.41, 5.74) is 0.820. The van der Waals surface area contributed by atoms with Crippen LogP contribution in [-0.4, -0.2) is 29.3 Å². The second kappa shape index (κ2) is 6.58. The number of carbonyl (C=O) groups is 1. The van der Waals surface area contributed by atoms with Gasteiger partial charge < -0.3 is 9.84 Å². The first kappa shape index (κ1) is 13.1. The first-order valence-electron chi connectivity index (χ1n) is 5.10. The smallest absolute Gasteiger partial charge is 0.334 e. The van der Waals surface area contributed by atoms with Crippen LogP contribution >= 0.6 is 0 Å². The van der Waals surface area contributed by atoms with Gasteiger partial charge in [0.05, 0.1) is 6.10 Å². The number of aliphatic hydroxyl groups is 1. The lowest BCUT2D eigenvalue weighted by Crippen LogP contribution is -2.31. The van der Waals surface area contributed by atoms with Gasteiger partial charge in [0.15, 0.2) is 6.04 Å². The molecule has 0 heterocycles. The van der Waals surface area contributed by atoms with Crippen molar-refractivity contribution in [2.24, 2.45) is 4.99 Å². The van der Waals surface area contributed by atoms with Gasteiger partial charge in [0.1, 0.15) is 6.61 Å². The molecule has 90 valence electrons. The van der Waals surface area contributed by atoms with E-state index in [-0.39, 0.29) is 6.61 Å². The molecule has 1 N–H and O–H groups in total. The Kier molecular flexibility index (Phi) is 5.07. The van der Waals surface area contributed by atoms with Gasteiger partial charge in [-0.15, -0.1) is 0 Å². The van der Waals surface area contributed by atoms with Crippen LogP contribution in [-0.2, 0) is 20.9 Å². The van der Waals surface area contributed by atoms with Crippen LogP contribution in [0.15, 0.2) is 35.3 Å². The summed E-state index contributed by atoms with van der Waals surface area (Å²) in [5, 5.41) is 9.24. The van der Waals surface area contributed by atoms with Crippen molar-refractivity contribution in [3.05, 3.63) is 35.9 Å². The number of benzene rings is 1.